The minimum atomic E-state index is -0.483. The first-order valence-corrected chi connectivity index (χ1v) is 8.15. The van der Waals surface area contributed by atoms with Crippen molar-refractivity contribution >= 4 is 27.7 Å². The molecule has 0 radical (unpaired) electrons. The number of alkyl carbamates (subject to hydrolysis) is 1. The minimum absolute atomic E-state index is 0.122. The molecule has 1 aliphatic rings. The summed E-state index contributed by atoms with van der Waals surface area (Å²) in [6, 6.07) is 3.65. The second kappa shape index (κ2) is 6.44. The van der Waals surface area contributed by atoms with Gasteiger partial charge in [0.2, 0.25) is 0 Å². The highest BCUT2D eigenvalue weighted by molar-refractivity contribution is 9.10. The van der Waals surface area contributed by atoms with Gasteiger partial charge in [-0.25, -0.2) is 9.18 Å². The van der Waals surface area contributed by atoms with Gasteiger partial charge in [0.25, 0.3) is 0 Å². The molecule has 1 aromatic carbocycles. The molecular weight excluding hydrogens is 351 g/mol. The average Bonchev–Trinajstić information content (AvgIpc) is 2.30. The summed E-state index contributed by atoms with van der Waals surface area (Å²) in [5, 5.41) is 6.23. The van der Waals surface area contributed by atoms with E-state index >= 15 is 0 Å². The lowest BCUT2D eigenvalue weighted by Gasteiger charge is -2.37. The molecule has 1 saturated carbocycles. The number of ether oxygens (including phenoxy) is 1. The van der Waals surface area contributed by atoms with Gasteiger partial charge in [-0.1, -0.05) is 0 Å². The Bertz CT molecular complexity index is 566. The molecule has 0 aliphatic heterocycles. The van der Waals surface area contributed by atoms with Crippen LogP contribution in [0.1, 0.15) is 39.2 Å². The van der Waals surface area contributed by atoms with Crippen LogP contribution >= 0.6 is 15.9 Å². The summed E-state index contributed by atoms with van der Waals surface area (Å²) < 4.78 is 19.1. The number of hydrogen-bond acceptors (Lipinski definition) is 3. The van der Waals surface area contributed by atoms with E-state index in [1.54, 1.807) is 6.07 Å². The van der Waals surface area contributed by atoms with E-state index in [-0.39, 0.29) is 24.0 Å². The van der Waals surface area contributed by atoms with E-state index < -0.39 is 5.60 Å². The van der Waals surface area contributed by atoms with Gasteiger partial charge in [-0.2, -0.15) is 0 Å². The number of hydrogen-bond donors (Lipinski definition) is 2. The van der Waals surface area contributed by atoms with E-state index in [2.05, 4.69) is 26.6 Å². The summed E-state index contributed by atoms with van der Waals surface area (Å²) >= 11 is 3.19. The van der Waals surface area contributed by atoms with Crippen molar-refractivity contribution in [3.05, 3.63) is 28.0 Å². The predicted molar refractivity (Wildman–Crippen MR) is 88.6 cm³/mol. The summed E-state index contributed by atoms with van der Waals surface area (Å²) in [5.74, 6) is -0.263. The largest absolute Gasteiger partial charge is 0.444 e. The minimum Gasteiger partial charge on any atom is -0.444 e. The van der Waals surface area contributed by atoms with Gasteiger partial charge in [-0.15, -0.1) is 0 Å². The van der Waals surface area contributed by atoms with Crippen molar-refractivity contribution in [2.45, 2.75) is 58.2 Å². The van der Waals surface area contributed by atoms with Crippen molar-refractivity contribution in [1.82, 2.24) is 5.32 Å². The molecular formula is C16H22BrFN2O2. The highest BCUT2D eigenvalue weighted by atomic mass is 79.9. The molecule has 0 saturated heterocycles. The maximum absolute atomic E-state index is 13.4. The number of halogens is 2. The first-order valence-electron chi connectivity index (χ1n) is 7.36. The molecule has 122 valence electrons. The Morgan fingerprint density at radius 2 is 1.95 bits per heavy atom. The van der Waals surface area contributed by atoms with E-state index in [1.807, 2.05) is 27.7 Å². The Morgan fingerprint density at radius 1 is 1.32 bits per heavy atom. The molecule has 0 atom stereocenters. The topological polar surface area (TPSA) is 50.4 Å². The number of rotatable bonds is 3. The van der Waals surface area contributed by atoms with Gasteiger partial charge in [0.15, 0.2) is 0 Å². The molecule has 1 aromatic rings. The second-order valence-electron chi connectivity index (χ2n) is 6.74. The van der Waals surface area contributed by atoms with Gasteiger partial charge < -0.3 is 15.4 Å². The number of aryl methyl sites for hydroxylation is 1. The maximum Gasteiger partial charge on any atom is 0.407 e. The monoisotopic (exact) mass is 372 g/mol. The Morgan fingerprint density at radius 3 is 2.55 bits per heavy atom. The fourth-order valence-corrected chi connectivity index (χ4v) is 2.69. The number of benzene rings is 1. The number of nitrogens with one attached hydrogen (secondary N) is 2. The lowest BCUT2D eigenvalue weighted by Crippen LogP contribution is -2.50. The summed E-state index contributed by atoms with van der Waals surface area (Å²) in [6.07, 6.45) is 1.28. The molecule has 0 unspecified atom stereocenters. The Hall–Kier alpha value is -1.30. The molecule has 1 aliphatic carbocycles. The molecule has 1 fully saturated rings. The van der Waals surface area contributed by atoms with Crippen molar-refractivity contribution in [3.63, 3.8) is 0 Å². The van der Waals surface area contributed by atoms with Crippen LogP contribution in [0.2, 0.25) is 0 Å². The molecule has 22 heavy (non-hydrogen) atoms. The quantitative estimate of drug-likeness (QED) is 0.828. The van der Waals surface area contributed by atoms with Crippen LogP contribution in [0.4, 0.5) is 14.9 Å². The molecule has 2 N–H and O–H groups in total. The number of anilines is 1. The number of carbonyl (C=O) groups is 1. The summed E-state index contributed by atoms with van der Waals surface area (Å²) in [6.45, 7) is 7.39. The molecule has 0 heterocycles. The van der Waals surface area contributed by atoms with Crippen molar-refractivity contribution in [1.29, 1.82) is 0 Å². The van der Waals surface area contributed by atoms with Crippen LogP contribution in [-0.2, 0) is 4.74 Å². The number of carbonyl (C=O) groups excluding carboxylic acids is 1. The second-order valence-corrected chi connectivity index (χ2v) is 7.59. The van der Waals surface area contributed by atoms with Crippen molar-refractivity contribution < 1.29 is 13.9 Å². The molecule has 0 aromatic heterocycles. The summed E-state index contributed by atoms with van der Waals surface area (Å²) in [4.78, 5) is 11.7. The Kier molecular flexibility index (Phi) is 5.00. The van der Waals surface area contributed by atoms with Crippen molar-refractivity contribution in [2.24, 2.45) is 0 Å². The normalized spacial score (nSPS) is 21.0. The van der Waals surface area contributed by atoms with E-state index in [9.17, 15) is 9.18 Å². The number of amides is 1. The third-order valence-corrected chi connectivity index (χ3v) is 4.09. The van der Waals surface area contributed by atoms with Crippen LogP contribution in [0.25, 0.3) is 0 Å². The van der Waals surface area contributed by atoms with Crippen molar-refractivity contribution in [2.75, 3.05) is 5.32 Å². The van der Waals surface area contributed by atoms with Gasteiger partial charge in [-0.3, -0.25) is 0 Å². The zero-order valence-electron chi connectivity index (χ0n) is 13.3. The third-order valence-electron chi connectivity index (χ3n) is 3.49. The zero-order valence-corrected chi connectivity index (χ0v) is 14.9. The Balaban J connectivity index is 1.80. The molecule has 0 bridgehead atoms. The predicted octanol–water partition coefficient (Wildman–Crippen LogP) is 4.36. The van der Waals surface area contributed by atoms with Crippen LogP contribution in [-0.4, -0.2) is 23.8 Å². The standard InChI is InChI=1S/C16H22BrFN2O2/c1-9-5-13(18)12(17)8-14(9)19-10-6-11(7-10)20-15(21)22-16(2,3)4/h5,8,10-11,19H,6-7H2,1-4H3,(H,20,21). The lowest BCUT2D eigenvalue weighted by atomic mass is 9.86. The lowest BCUT2D eigenvalue weighted by molar-refractivity contribution is 0.0475. The fraction of sp³-hybridized carbons (Fsp3) is 0.562. The average molecular weight is 373 g/mol. The first-order chi connectivity index (χ1) is 10.1. The van der Waals surface area contributed by atoms with Gasteiger partial charge in [0.05, 0.1) is 4.47 Å². The summed E-state index contributed by atoms with van der Waals surface area (Å²) in [5.41, 5.74) is 1.29. The van der Waals surface area contributed by atoms with E-state index in [4.69, 9.17) is 4.74 Å². The van der Waals surface area contributed by atoms with Crippen LogP contribution in [0.3, 0.4) is 0 Å². The Labute approximate surface area is 138 Å². The SMILES string of the molecule is Cc1cc(F)c(Br)cc1NC1CC(NC(=O)OC(C)(C)C)C1. The van der Waals surface area contributed by atoms with Gasteiger partial charge >= 0.3 is 6.09 Å². The molecule has 6 heteroatoms. The third kappa shape index (κ3) is 4.60. The fourth-order valence-electron chi connectivity index (χ4n) is 2.35. The highest BCUT2D eigenvalue weighted by Gasteiger charge is 2.31. The van der Waals surface area contributed by atoms with Crippen LogP contribution in [0.15, 0.2) is 16.6 Å². The van der Waals surface area contributed by atoms with Crippen LogP contribution in [0.5, 0.6) is 0 Å². The van der Waals surface area contributed by atoms with E-state index in [0.717, 1.165) is 24.1 Å². The van der Waals surface area contributed by atoms with Gasteiger partial charge in [0, 0.05) is 17.8 Å². The smallest absolute Gasteiger partial charge is 0.407 e. The van der Waals surface area contributed by atoms with E-state index in [0.29, 0.717) is 4.47 Å². The molecule has 0 spiro atoms. The van der Waals surface area contributed by atoms with E-state index in [1.165, 1.54) is 6.07 Å². The maximum atomic E-state index is 13.4. The van der Waals surface area contributed by atoms with Crippen LogP contribution in [0, 0.1) is 12.7 Å². The summed E-state index contributed by atoms with van der Waals surface area (Å²) in [7, 11) is 0. The van der Waals surface area contributed by atoms with Crippen molar-refractivity contribution in [3.8, 4) is 0 Å². The van der Waals surface area contributed by atoms with Gasteiger partial charge in [-0.05, 0) is 74.2 Å². The van der Waals surface area contributed by atoms with Gasteiger partial charge in [0.1, 0.15) is 11.4 Å². The van der Waals surface area contributed by atoms with Crippen LogP contribution < -0.4 is 10.6 Å². The molecule has 4 nitrogen and oxygen atoms in total. The zero-order chi connectivity index (χ0) is 16.5. The molecule has 2 rings (SSSR count). The highest BCUT2D eigenvalue weighted by Crippen LogP contribution is 2.29. The molecule has 1 amide bonds. The first kappa shape index (κ1) is 17.1.